The maximum Gasteiger partial charge on any atom is 0.123 e. The van der Waals surface area contributed by atoms with E-state index in [1.165, 1.54) is 21.9 Å². The van der Waals surface area contributed by atoms with Gasteiger partial charge in [0.05, 0.1) is 0 Å². The van der Waals surface area contributed by atoms with Crippen LogP contribution in [0.25, 0.3) is 10.8 Å². The molecule has 1 aromatic heterocycles. The number of nitrogens with zero attached hydrogens (tertiary/aromatic N) is 1. The van der Waals surface area contributed by atoms with Crippen LogP contribution in [0.2, 0.25) is 0 Å². The predicted octanol–water partition coefficient (Wildman–Crippen LogP) is 3.40. The maximum absolute atomic E-state index is 6.21. The lowest BCUT2D eigenvalue weighted by Crippen LogP contribution is -2.34. The second-order valence-corrected chi connectivity index (χ2v) is 5.29. The highest BCUT2D eigenvalue weighted by molar-refractivity contribution is 5.87. The molecule has 0 aliphatic carbocycles. The summed E-state index contributed by atoms with van der Waals surface area (Å²) >= 11 is 0. The van der Waals surface area contributed by atoms with Crippen molar-refractivity contribution in [2.45, 2.75) is 32.8 Å². The van der Waals surface area contributed by atoms with Crippen molar-refractivity contribution in [2.75, 3.05) is 13.1 Å². The molecular formula is C16H21ClN2O. The smallest absolute Gasteiger partial charge is 0.123 e. The normalized spacial score (nSPS) is 15.9. The minimum atomic E-state index is 0. The van der Waals surface area contributed by atoms with Crippen molar-refractivity contribution >= 4 is 23.2 Å². The van der Waals surface area contributed by atoms with Gasteiger partial charge in [0.2, 0.25) is 0 Å². The summed E-state index contributed by atoms with van der Waals surface area (Å²) in [7, 11) is 0. The van der Waals surface area contributed by atoms with Gasteiger partial charge in [-0.25, -0.2) is 0 Å². The number of aromatic nitrogens is 1. The van der Waals surface area contributed by atoms with Crippen LogP contribution in [0, 0.1) is 13.8 Å². The first-order chi connectivity index (χ1) is 9.25. The van der Waals surface area contributed by atoms with E-state index in [1.54, 1.807) is 0 Å². The van der Waals surface area contributed by atoms with E-state index in [4.69, 9.17) is 4.74 Å². The van der Waals surface area contributed by atoms with Crippen molar-refractivity contribution < 1.29 is 4.74 Å². The predicted molar refractivity (Wildman–Crippen MR) is 85.0 cm³/mol. The Morgan fingerprint density at radius 1 is 1.20 bits per heavy atom. The second kappa shape index (κ2) is 6.42. The average Bonchev–Trinajstić information content (AvgIpc) is 2.46. The second-order valence-electron chi connectivity index (χ2n) is 5.29. The van der Waals surface area contributed by atoms with Gasteiger partial charge >= 0.3 is 0 Å². The Labute approximate surface area is 126 Å². The molecule has 1 N–H and O–H groups in total. The monoisotopic (exact) mass is 292 g/mol. The van der Waals surface area contributed by atoms with Crippen molar-refractivity contribution in [1.29, 1.82) is 0 Å². The van der Waals surface area contributed by atoms with Gasteiger partial charge in [0.1, 0.15) is 11.9 Å². The van der Waals surface area contributed by atoms with Crippen molar-refractivity contribution in [3.8, 4) is 5.75 Å². The van der Waals surface area contributed by atoms with Crippen LogP contribution in [0.3, 0.4) is 0 Å². The van der Waals surface area contributed by atoms with Gasteiger partial charge in [0.15, 0.2) is 0 Å². The molecule has 1 aromatic carbocycles. The van der Waals surface area contributed by atoms with Crippen LogP contribution < -0.4 is 10.1 Å². The summed E-state index contributed by atoms with van der Waals surface area (Å²) in [6, 6.07) is 4.21. The summed E-state index contributed by atoms with van der Waals surface area (Å²) in [5.74, 6) is 1.03. The average molecular weight is 293 g/mol. The third-order valence-corrected chi connectivity index (χ3v) is 4.06. The molecular weight excluding hydrogens is 272 g/mol. The molecule has 20 heavy (non-hydrogen) atoms. The third kappa shape index (κ3) is 2.89. The van der Waals surface area contributed by atoms with E-state index in [1.807, 2.05) is 12.4 Å². The van der Waals surface area contributed by atoms with Gasteiger partial charge < -0.3 is 10.1 Å². The molecule has 0 atom stereocenters. The number of nitrogens with one attached hydrogen (secondary N) is 1. The number of halogens is 1. The number of hydrogen-bond donors (Lipinski definition) is 1. The largest absolute Gasteiger partial charge is 0.490 e. The lowest BCUT2D eigenvalue weighted by atomic mass is 10.0. The number of aryl methyl sites for hydroxylation is 1. The number of rotatable bonds is 2. The summed E-state index contributed by atoms with van der Waals surface area (Å²) < 4.78 is 6.21. The summed E-state index contributed by atoms with van der Waals surface area (Å²) in [5.41, 5.74) is 2.51. The molecule has 1 fully saturated rings. The van der Waals surface area contributed by atoms with Crippen molar-refractivity contribution in [1.82, 2.24) is 10.3 Å². The van der Waals surface area contributed by atoms with Crippen LogP contribution >= 0.6 is 12.4 Å². The first-order valence-corrected chi connectivity index (χ1v) is 6.97. The zero-order valence-electron chi connectivity index (χ0n) is 12.0. The molecule has 4 heteroatoms. The van der Waals surface area contributed by atoms with Crippen molar-refractivity contribution in [3.05, 3.63) is 35.7 Å². The van der Waals surface area contributed by atoms with Crippen LogP contribution in [0.1, 0.15) is 24.0 Å². The Morgan fingerprint density at radius 2 is 1.95 bits per heavy atom. The molecule has 1 aliphatic rings. The number of ether oxygens (including phenoxy) is 1. The molecule has 1 aliphatic heterocycles. The highest BCUT2D eigenvalue weighted by Crippen LogP contribution is 2.30. The molecule has 2 heterocycles. The van der Waals surface area contributed by atoms with Crippen LogP contribution in [0.15, 0.2) is 24.5 Å². The molecule has 0 spiro atoms. The van der Waals surface area contributed by atoms with Crippen LogP contribution in [0.5, 0.6) is 5.75 Å². The van der Waals surface area contributed by atoms with Crippen molar-refractivity contribution in [3.63, 3.8) is 0 Å². The fraction of sp³-hybridized carbons (Fsp3) is 0.438. The molecule has 0 amide bonds. The summed E-state index contributed by atoms with van der Waals surface area (Å²) in [6.07, 6.45) is 6.30. The van der Waals surface area contributed by atoms with Crippen LogP contribution in [-0.4, -0.2) is 24.2 Å². The van der Waals surface area contributed by atoms with E-state index < -0.39 is 0 Å². The lowest BCUT2D eigenvalue weighted by molar-refractivity contribution is 0.161. The van der Waals surface area contributed by atoms with E-state index in [2.05, 4.69) is 36.3 Å². The number of hydrogen-bond acceptors (Lipinski definition) is 3. The molecule has 2 aromatic rings. The molecule has 3 rings (SSSR count). The number of benzene rings is 1. The van der Waals surface area contributed by atoms with Gasteiger partial charge in [0.25, 0.3) is 0 Å². The Balaban J connectivity index is 0.00000147. The Morgan fingerprint density at radius 3 is 2.70 bits per heavy atom. The number of piperidine rings is 1. The van der Waals surface area contributed by atoms with Crippen molar-refractivity contribution in [2.24, 2.45) is 0 Å². The van der Waals surface area contributed by atoms with Gasteiger partial charge in [0, 0.05) is 17.8 Å². The SMILES string of the molecule is Cc1c(OC2CCNCC2)cc2ccncc2c1C.Cl. The zero-order chi connectivity index (χ0) is 13.2. The van der Waals surface area contributed by atoms with Gasteiger partial charge in [-0.05, 0) is 68.4 Å². The summed E-state index contributed by atoms with van der Waals surface area (Å²) in [6.45, 7) is 6.40. The molecule has 3 nitrogen and oxygen atoms in total. The molecule has 108 valence electrons. The van der Waals surface area contributed by atoms with Crippen LogP contribution in [-0.2, 0) is 0 Å². The van der Waals surface area contributed by atoms with E-state index in [-0.39, 0.29) is 12.4 Å². The first-order valence-electron chi connectivity index (χ1n) is 6.97. The summed E-state index contributed by atoms with van der Waals surface area (Å²) in [4.78, 5) is 4.21. The van der Waals surface area contributed by atoms with Crippen LogP contribution in [0.4, 0.5) is 0 Å². The highest BCUT2D eigenvalue weighted by Gasteiger charge is 2.16. The fourth-order valence-corrected chi connectivity index (χ4v) is 2.70. The van der Waals surface area contributed by atoms with E-state index in [0.717, 1.165) is 31.7 Å². The topological polar surface area (TPSA) is 34.1 Å². The zero-order valence-corrected chi connectivity index (χ0v) is 12.8. The Bertz CT molecular complexity index is 594. The minimum Gasteiger partial charge on any atom is -0.490 e. The molecule has 0 saturated carbocycles. The molecule has 0 unspecified atom stereocenters. The Kier molecular flexibility index (Phi) is 4.84. The Hall–Kier alpha value is -1.32. The van der Waals surface area contributed by atoms with Gasteiger partial charge in [-0.1, -0.05) is 0 Å². The number of pyridine rings is 1. The minimum absolute atomic E-state index is 0. The first kappa shape index (κ1) is 15.1. The maximum atomic E-state index is 6.21. The van der Waals surface area contributed by atoms with E-state index in [0.29, 0.717) is 6.10 Å². The number of fused-ring (bicyclic) bond motifs is 1. The summed E-state index contributed by atoms with van der Waals surface area (Å²) in [5, 5.41) is 5.80. The molecule has 0 radical (unpaired) electrons. The molecule has 1 saturated heterocycles. The fourth-order valence-electron chi connectivity index (χ4n) is 2.70. The molecule has 0 bridgehead atoms. The highest BCUT2D eigenvalue weighted by atomic mass is 35.5. The van der Waals surface area contributed by atoms with Gasteiger partial charge in [-0.2, -0.15) is 0 Å². The van der Waals surface area contributed by atoms with E-state index >= 15 is 0 Å². The standard InChI is InChI=1S/C16H20N2O.ClH/c1-11-12(2)16(19-14-4-7-17-8-5-14)9-13-3-6-18-10-15(11)13;/h3,6,9-10,14,17H,4-5,7-8H2,1-2H3;1H. The van der Waals surface area contributed by atoms with E-state index in [9.17, 15) is 0 Å². The van der Waals surface area contributed by atoms with Gasteiger partial charge in [-0.15, -0.1) is 12.4 Å². The third-order valence-electron chi connectivity index (χ3n) is 4.06. The van der Waals surface area contributed by atoms with Gasteiger partial charge in [-0.3, -0.25) is 4.98 Å². The quantitative estimate of drug-likeness (QED) is 0.921. The lowest BCUT2D eigenvalue weighted by Gasteiger charge is -2.25.